The fraction of sp³-hybridized carbons (Fsp3) is 0.435. The van der Waals surface area contributed by atoms with E-state index in [2.05, 4.69) is 43.3 Å². The minimum atomic E-state index is 0.265. The molecular weight excluding hydrogens is 322 g/mol. The van der Waals surface area contributed by atoms with Crippen LogP contribution in [0.5, 0.6) is 0 Å². The Bertz CT molecular complexity index is 673. The Hall–Kier alpha value is -2.13. The van der Waals surface area contributed by atoms with E-state index < -0.39 is 0 Å². The fourth-order valence-corrected chi connectivity index (χ4v) is 3.41. The number of carbonyl (C=O) groups is 1. The summed E-state index contributed by atoms with van der Waals surface area (Å²) >= 11 is 0. The molecule has 1 heterocycles. The van der Waals surface area contributed by atoms with Crippen molar-refractivity contribution in [3.05, 3.63) is 71.3 Å². The molecule has 2 aromatic carbocycles. The van der Waals surface area contributed by atoms with Crippen LogP contribution in [-0.4, -0.2) is 30.0 Å². The number of piperidine rings is 1. The number of aryl methyl sites for hydroxylation is 2. The molecule has 0 aromatic heterocycles. The summed E-state index contributed by atoms with van der Waals surface area (Å²) in [5.74, 6) is 0.270. The van der Waals surface area contributed by atoms with Gasteiger partial charge in [-0.1, -0.05) is 61.5 Å². The third-order valence-electron chi connectivity index (χ3n) is 5.18. The van der Waals surface area contributed by atoms with Gasteiger partial charge < -0.3 is 9.64 Å². The number of likely N-dealkylation sites (tertiary alicyclic amines) is 1. The van der Waals surface area contributed by atoms with Gasteiger partial charge in [0.15, 0.2) is 0 Å². The summed E-state index contributed by atoms with van der Waals surface area (Å²) in [5, 5.41) is 0. The second-order valence-electron chi connectivity index (χ2n) is 7.05. The number of nitrogens with zero attached hydrogens (tertiary/aromatic N) is 1. The number of hydrogen-bond donors (Lipinski definition) is 0. The number of amides is 1. The first-order valence-corrected chi connectivity index (χ1v) is 9.75. The van der Waals surface area contributed by atoms with Gasteiger partial charge in [0.25, 0.3) is 0 Å². The lowest BCUT2D eigenvalue weighted by atomic mass is 10.0. The van der Waals surface area contributed by atoms with Crippen LogP contribution < -0.4 is 0 Å². The Balaban J connectivity index is 1.37. The molecule has 1 saturated heterocycles. The maximum Gasteiger partial charge on any atom is 0.222 e. The number of rotatable bonds is 7. The van der Waals surface area contributed by atoms with Crippen LogP contribution in [0, 0.1) is 0 Å². The summed E-state index contributed by atoms with van der Waals surface area (Å²) in [5.41, 5.74) is 3.80. The van der Waals surface area contributed by atoms with E-state index in [-0.39, 0.29) is 12.0 Å². The molecule has 0 unspecified atom stereocenters. The van der Waals surface area contributed by atoms with E-state index in [1.54, 1.807) is 0 Å². The molecule has 0 bridgehead atoms. The topological polar surface area (TPSA) is 29.5 Å². The highest BCUT2D eigenvalue weighted by molar-refractivity contribution is 5.76. The van der Waals surface area contributed by atoms with Crippen LogP contribution in [0.4, 0.5) is 0 Å². The molecule has 3 nitrogen and oxygen atoms in total. The van der Waals surface area contributed by atoms with E-state index in [0.29, 0.717) is 13.0 Å². The van der Waals surface area contributed by atoms with Crippen LogP contribution in [0.2, 0.25) is 0 Å². The van der Waals surface area contributed by atoms with Gasteiger partial charge in [0.2, 0.25) is 5.91 Å². The number of benzene rings is 2. The summed E-state index contributed by atoms with van der Waals surface area (Å²) in [6.45, 7) is 4.44. The second kappa shape index (κ2) is 9.54. The summed E-state index contributed by atoms with van der Waals surface area (Å²) < 4.78 is 6.01. The van der Waals surface area contributed by atoms with E-state index >= 15 is 0 Å². The molecule has 0 atom stereocenters. The molecule has 26 heavy (non-hydrogen) atoms. The fourth-order valence-electron chi connectivity index (χ4n) is 3.41. The van der Waals surface area contributed by atoms with Crippen molar-refractivity contribution in [2.45, 2.75) is 51.7 Å². The lowest BCUT2D eigenvalue weighted by molar-refractivity contribution is -0.134. The average molecular weight is 351 g/mol. The monoisotopic (exact) mass is 351 g/mol. The van der Waals surface area contributed by atoms with Crippen LogP contribution in [0.25, 0.3) is 0 Å². The minimum Gasteiger partial charge on any atom is -0.373 e. The zero-order valence-electron chi connectivity index (χ0n) is 15.7. The average Bonchev–Trinajstić information content (AvgIpc) is 2.72. The molecule has 138 valence electrons. The first-order chi connectivity index (χ1) is 12.7. The smallest absolute Gasteiger partial charge is 0.222 e. The van der Waals surface area contributed by atoms with Gasteiger partial charge in [-0.05, 0) is 42.4 Å². The van der Waals surface area contributed by atoms with Crippen molar-refractivity contribution in [2.75, 3.05) is 13.1 Å². The van der Waals surface area contributed by atoms with Crippen LogP contribution in [-0.2, 0) is 29.0 Å². The second-order valence-corrected chi connectivity index (χ2v) is 7.05. The van der Waals surface area contributed by atoms with Crippen molar-refractivity contribution in [2.24, 2.45) is 0 Å². The van der Waals surface area contributed by atoms with Crippen LogP contribution in [0.1, 0.15) is 42.9 Å². The van der Waals surface area contributed by atoms with E-state index in [9.17, 15) is 4.79 Å². The van der Waals surface area contributed by atoms with Crippen LogP contribution >= 0.6 is 0 Å². The lowest BCUT2D eigenvalue weighted by Crippen LogP contribution is -2.40. The van der Waals surface area contributed by atoms with Crippen molar-refractivity contribution in [1.29, 1.82) is 0 Å². The summed E-state index contributed by atoms with van der Waals surface area (Å²) in [6, 6.07) is 18.9. The van der Waals surface area contributed by atoms with Gasteiger partial charge in [-0.25, -0.2) is 0 Å². The van der Waals surface area contributed by atoms with E-state index in [1.807, 2.05) is 23.1 Å². The van der Waals surface area contributed by atoms with E-state index in [4.69, 9.17) is 4.74 Å². The zero-order valence-corrected chi connectivity index (χ0v) is 15.7. The zero-order chi connectivity index (χ0) is 18.2. The quantitative estimate of drug-likeness (QED) is 0.740. The maximum absolute atomic E-state index is 12.5. The first kappa shape index (κ1) is 18.7. The summed E-state index contributed by atoms with van der Waals surface area (Å²) in [7, 11) is 0. The van der Waals surface area contributed by atoms with Gasteiger partial charge >= 0.3 is 0 Å². The predicted molar refractivity (Wildman–Crippen MR) is 105 cm³/mol. The highest BCUT2D eigenvalue weighted by Crippen LogP contribution is 2.17. The number of hydrogen-bond acceptors (Lipinski definition) is 2. The van der Waals surface area contributed by atoms with Gasteiger partial charge in [-0.2, -0.15) is 0 Å². The summed E-state index contributed by atoms with van der Waals surface area (Å²) in [6.07, 6.45) is 4.61. The number of carbonyl (C=O) groups excluding carboxylic acids is 1. The number of ether oxygens (including phenoxy) is 1. The summed E-state index contributed by atoms with van der Waals surface area (Å²) in [4.78, 5) is 14.5. The normalized spacial score (nSPS) is 15.2. The molecule has 2 aromatic rings. The molecule has 0 radical (unpaired) electrons. The van der Waals surface area contributed by atoms with Gasteiger partial charge in [0, 0.05) is 19.5 Å². The SMILES string of the molecule is CCc1ccc(CCC(=O)N2CCC(OCc3ccccc3)CC2)cc1. The molecule has 0 N–H and O–H groups in total. The van der Waals surface area contributed by atoms with Crippen molar-refractivity contribution >= 4 is 5.91 Å². The molecular formula is C23H29NO2. The lowest BCUT2D eigenvalue weighted by Gasteiger charge is -2.32. The first-order valence-electron chi connectivity index (χ1n) is 9.75. The molecule has 1 aliphatic heterocycles. The van der Waals surface area contributed by atoms with E-state index in [0.717, 1.165) is 38.8 Å². The molecule has 1 fully saturated rings. The Kier molecular flexibility index (Phi) is 6.84. The largest absolute Gasteiger partial charge is 0.373 e. The molecule has 1 aliphatic rings. The third kappa shape index (κ3) is 5.43. The minimum absolute atomic E-state index is 0.265. The molecule has 1 amide bonds. The molecule has 3 rings (SSSR count). The van der Waals surface area contributed by atoms with Gasteiger partial charge in [0.1, 0.15) is 0 Å². The van der Waals surface area contributed by atoms with E-state index in [1.165, 1.54) is 16.7 Å². The van der Waals surface area contributed by atoms with Gasteiger partial charge in [-0.3, -0.25) is 4.79 Å². The molecule has 0 aliphatic carbocycles. The van der Waals surface area contributed by atoms with Crippen molar-refractivity contribution in [3.63, 3.8) is 0 Å². The maximum atomic E-state index is 12.5. The van der Waals surface area contributed by atoms with Crippen molar-refractivity contribution < 1.29 is 9.53 Å². The van der Waals surface area contributed by atoms with Gasteiger partial charge in [0.05, 0.1) is 12.7 Å². The predicted octanol–water partition coefficient (Wildman–Crippen LogP) is 4.39. The van der Waals surface area contributed by atoms with Crippen LogP contribution in [0.15, 0.2) is 54.6 Å². The van der Waals surface area contributed by atoms with Gasteiger partial charge in [-0.15, -0.1) is 0 Å². The highest BCUT2D eigenvalue weighted by Gasteiger charge is 2.22. The Labute approximate surface area is 157 Å². The Morgan fingerprint density at radius 2 is 1.62 bits per heavy atom. The highest BCUT2D eigenvalue weighted by atomic mass is 16.5. The Morgan fingerprint density at radius 1 is 0.962 bits per heavy atom. The third-order valence-corrected chi connectivity index (χ3v) is 5.18. The standard InChI is InChI=1S/C23H29NO2/c1-2-19-8-10-20(11-9-19)12-13-23(25)24-16-14-22(15-17-24)26-18-21-6-4-3-5-7-21/h3-11,22H,2,12-18H2,1H3. The van der Waals surface area contributed by atoms with Crippen molar-refractivity contribution in [1.82, 2.24) is 4.90 Å². The van der Waals surface area contributed by atoms with Crippen LogP contribution in [0.3, 0.4) is 0 Å². The molecule has 0 spiro atoms. The van der Waals surface area contributed by atoms with Crippen molar-refractivity contribution in [3.8, 4) is 0 Å². The molecule has 0 saturated carbocycles. The Morgan fingerprint density at radius 3 is 2.27 bits per heavy atom. The molecule has 3 heteroatoms.